The van der Waals surface area contributed by atoms with Crippen LogP contribution in [0.15, 0.2) is 53.2 Å². The van der Waals surface area contributed by atoms with Crippen molar-refractivity contribution in [2.75, 3.05) is 11.4 Å². The number of hydrogen-bond acceptors (Lipinski definition) is 4. The number of aromatic nitrogens is 3. The minimum Gasteiger partial charge on any atom is -0.361 e. The highest BCUT2D eigenvalue weighted by Gasteiger charge is 2.35. The maximum Gasteiger partial charge on any atom is 0.231 e. The Hall–Kier alpha value is -3.19. The molecule has 5 rings (SSSR count). The highest BCUT2D eigenvalue weighted by Crippen LogP contribution is 2.33. The molecule has 0 spiro atoms. The summed E-state index contributed by atoms with van der Waals surface area (Å²) in [6.45, 7) is 0.295. The number of aromatic amines is 1. The minimum atomic E-state index is -0.528. The summed E-state index contributed by atoms with van der Waals surface area (Å²) in [6.07, 6.45) is 2.63. The van der Waals surface area contributed by atoms with Crippen LogP contribution in [0, 0.1) is 5.82 Å². The number of H-pyrrole nitrogens is 1. The van der Waals surface area contributed by atoms with Crippen LogP contribution in [0.5, 0.6) is 0 Å². The third kappa shape index (κ3) is 3.27. The van der Waals surface area contributed by atoms with Gasteiger partial charge in [0.1, 0.15) is 5.82 Å². The summed E-state index contributed by atoms with van der Waals surface area (Å²) >= 11 is 5.80. The number of anilines is 1. The fourth-order valence-corrected chi connectivity index (χ4v) is 3.92. The zero-order valence-corrected chi connectivity index (χ0v) is 16.0. The van der Waals surface area contributed by atoms with E-state index in [0.717, 1.165) is 16.5 Å². The van der Waals surface area contributed by atoms with Gasteiger partial charge in [0.15, 0.2) is 5.82 Å². The van der Waals surface area contributed by atoms with Gasteiger partial charge in [-0.05, 0) is 29.8 Å². The number of para-hydroxylation sites is 1. The predicted octanol–water partition coefficient (Wildman–Crippen LogP) is 4.45. The molecule has 8 heteroatoms. The minimum absolute atomic E-state index is 0.181. The Balaban J connectivity index is 1.35. The van der Waals surface area contributed by atoms with Crippen LogP contribution in [0.4, 0.5) is 10.1 Å². The largest absolute Gasteiger partial charge is 0.361 e. The molecule has 1 aliphatic heterocycles. The van der Waals surface area contributed by atoms with E-state index in [1.54, 1.807) is 6.07 Å². The summed E-state index contributed by atoms with van der Waals surface area (Å²) in [5.41, 5.74) is 2.32. The van der Waals surface area contributed by atoms with E-state index in [-0.39, 0.29) is 29.0 Å². The standard InChI is InChI=1S/C21H16ClFN4O2/c22-14-5-6-18(16(23)9-14)27-11-13(8-20(27)28)21-25-19(29-26-21)7-12-10-24-17-4-2-1-3-15(12)17/h1-6,9-10,13,24H,7-8,11H2. The van der Waals surface area contributed by atoms with E-state index in [1.165, 1.54) is 17.0 Å². The number of nitrogens with zero attached hydrogens (tertiary/aromatic N) is 3. The van der Waals surface area contributed by atoms with Crippen molar-refractivity contribution in [2.24, 2.45) is 0 Å². The van der Waals surface area contributed by atoms with Gasteiger partial charge >= 0.3 is 0 Å². The second-order valence-corrected chi connectivity index (χ2v) is 7.52. The lowest BCUT2D eigenvalue weighted by molar-refractivity contribution is -0.117. The normalized spacial score (nSPS) is 16.8. The van der Waals surface area contributed by atoms with Gasteiger partial charge in [-0.25, -0.2) is 4.39 Å². The SMILES string of the molecule is O=C1CC(c2noc(Cc3c[nH]c4ccccc34)n2)CN1c1ccc(Cl)cc1F. The Morgan fingerprint density at radius 2 is 2.14 bits per heavy atom. The highest BCUT2D eigenvalue weighted by molar-refractivity contribution is 6.30. The van der Waals surface area contributed by atoms with E-state index in [9.17, 15) is 9.18 Å². The Labute approximate surface area is 170 Å². The van der Waals surface area contributed by atoms with Crippen LogP contribution in [0.1, 0.15) is 29.6 Å². The molecule has 2 aromatic carbocycles. The molecule has 2 aromatic heterocycles. The highest BCUT2D eigenvalue weighted by atomic mass is 35.5. The van der Waals surface area contributed by atoms with Gasteiger partial charge in [0.25, 0.3) is 0 Å². The van der Waals surface area contributed by atoms with Crippen molar-refractivity contribution in [1.82, 2.24) is 15.1 Å². The average molecular weight is 411 g/mol. The Morgan fingerprint density at radius 3 is 3.00 bits per heavy atom. The first-order chi connectivity index (χ1) is 14.1. The Bertz CT molecular complexity index is 1220. The first-order valence-corrected chi connectivity index (χ1v) is 9.59. The van der Waals surface area contributed by atoms with Crippen molar-refractivity contribution < 1.29 is 13.7 Å². The van der Waals surface area contributed by atoms with E-state index in [0.29, 0.717) is 24.7 Å². The molecule has 1 fully saturated rings. The van der Waals surface area contributed by atoms with Crippen LogP contribution < -0.4 is 4.90 Å². The van der Waals surface area contributed by atoms with Crippen molar-refractivity contribution in [3.8, 4) is 0 Å². The van der Waals surface area contributed by atoms with Crippen LogP contribution in [-0.4, -0.2) is 27.6 Å². The molecule has 1 unspecified atom stereocenters. The van der Waals surface area contributed by atoms with Gasteiger partial charge in [0.2, 0.25) is 11.8 Å². The number of carbonyl (C=O) groups excluding carboxylic acids is 1. The number of benzene rings is 2. The van der Waals surface area contributed by atoms with Gasteiger partial charge in [-0.15, -0.1) is 0 Å². The molecule has 1 saturated heterocycles. The molecule has 1 N–H and O–H groups in total. The fraction of sp³-hybridized carbons (Fsp3) is 0.190. The zero-order chi connectivity index (χ0) is 20.0. The smallest absolute Gasteiger partial charge is 0.231 e. The zero-order valence-electron chi connectivity index (χ0n) is 15.2. The second-order valence-electron chi connectivity index (χ2n) is 7.08. The quantitative estimate of drug-likeness (QED) is 0.539. The molecule has 29 heavy (non-hydrogen) atoms. The number of carbonyl (C=O) groups is 1. The first-order valence-electron chi connectivity index (χ1n) is 9.21. The summed E-state index contributed by atoms with van der Waals surface area (Å²) in [7, 11) is 0. The molecule has 0 saturated carbocycles. The molecular weight excluding hydrogens is 395 g/mol. The molecule has 0 bridgehead atoms. The van der Waals surface area contributed by atoms with E-state index >= 15 is 0 Å². The van der Waals surface area contributed by atoms with Crippen molar-refractivity contribution in [1.29, 1.82) is 0 Å². The van der Waals surface area contributed by atoms with Gasteiger partial charge < -0.3 is 14.4 Å². The third-order valence-electron chi connectivity index (χ3n) is 5.19. The van der Waals surface area contributed by atoms with Gasteiger partial charge in [-0.1, -0.05) is 35.0 Å². The fourth-order valence-electron chi connectivity index (χ4n) is 3.76. The van der Waals surface area contributed by atoms with E-state index in [2.05, 4.69) is 15.1 Å². The van der Waals surface area contributed by atoms with Crippen LogP contribution >= 0.6 is 11.6 Å². The number of hydrogen-bond donors (Lipinski definition) is 1. The second kappa shape index (κ2) is 7.00. The summed E-state index contributed by atoms with van der Waals surface area (Å²) in [6, 6.07) is 12.3. The van der Waals surface area contributed by atoms with Gasteiger partial charge in [0, 0.05) is 41.0 Å². The predicted molar refractivity (Wildman–Crippen MR) is 107 cm³/mol. The van der Waals surface area contributed by atoms with Gasteiger partial charge in [0.05, 0.1) is 12.1 Å². The van der Waals surface area contributed by atoms with Crippen molar-refractivity contribution >= 4 is 34.1 Å². The number of rotatable bonds is 4. The molecule has 1 aliphatic rings. The maximum absolute atomic E-state index is 14.2. The number of halogens is 2. The Morgan fingerprint density at radius 1 is 1.28 bits per heavy atom. The number of nitrogens with one attached hydrogen (secondary N) is 1. The average Bonchev–Trinajstić information content (AvgIpc) is 3.42. The maximum atomic E-state index is 14.2. The lowest BCUT2D eigenvalue weighted by atomic mass is 10.1. The van der Waals surface area contributed by atoms with Crippen LogP contribution in [0.3, 0.4) is 0 Å². The van der Waals surface area contributed by atoms with Crippen molar-refractivity contribution in [3.63, 3.8) is 0 Å². The summed E-state index contributed by atoms with van der Waals surface area (Å²) < 4.78 is 19.6. The first kappa shape index (κ1) is 17.9. The number of fused-ring (bicyclic) bond motifs is 1. The Kier molecular flexibility index (Phi) is 4.32. The monoisotopic (exact) mass is 410 g/mol. The molecule has 0 aliphatic carbocycles. The summed E-state index contributed by atoms with van der Waals surface area (Å²) in [5.74, 6) is -0.0183. The summed E-state index contributed by atoms with van der Waals surface area (Å²) in [4.78, 5) is 21.6. The topological polar surface area (TPSA) is 75.0 Å². The molecule has 3 heterocycles. The van der Waals surface area contributed by atoms with Gasteiger partial charge in [-0.2, -0.15) is 4.98 Å². The van der Waals surface area contributed by atoms with Crippen LogP contribution in [0.2, 0.25) is 5.02 Å². The summed E-state index contributed by atoms with van der Waals surface area (Å²) in [5, 5.41) is 5.46. The molecule has 6 nitrogen and oxygen atoms in total. The van der Waals surface area contributed by atoms with E-state index in [1.807, 2.05) is 30.5 Å². The molecule has 0 radical (unpaired) electrons. The van der Waals surface area contributed by atoms with Crippen molar-refractivity contribution in [3.05, 3.63) is 76.8 Å². The lowest BCUT2D eigenvalue weighted by Crippen LogP contribution is -2.25. The van der Waals surface area contributed by atoms with E-state index in [4.69, 9.17) is 16.1 Å². The van der Waals surface area contributed by atoms with Crippen molar-refractivity contribution in [2.45, 2.75) is 18.8 Å². The number of amides is 1. The van der Waals surface area contributed by atoms with E-state index < -0.39 is 5.82 Å². The van der Waals surface area contributed by atoms with Crippen LogP contribution in [0.25, 0.3) is 10.9 Å². The molecule has 146 valence electrons. The molecule has 1 atom stereocenters. The van der Waals surface area contributed by atoms with Crippen LogP contribution in [-0.2, 0) is 11.2 Å². The van der Waals surface area contributed by atoms with Gasteiger partial charge in [-0.3, -0.25) is 4.79 Å². The third-order valence-corrected chi connectivity index (χ3v) is 5.43. The lowest BCUT2D eigenvalue weighted by Gasteiger charge is -2.17. The molecule has 4 aromatic rings. The molecule has 1 amide bonds. The molecular formula is C21H16ClFN4O2.